The predicted molar refractivity (Wildman–Crippen MR) is 47.4 cm³/mol. The first-order chi connectivity index (χ1) is 5.12. The quantitative estimate of drug-likeness (QED) is 0.386. The normalized spacial score (nSPS) is 15.7. The van der Waals surface area contributed by atoms with Crippen molar-refractivity contribution in [3.05, 3.63) is 12.2 Å². The van der Waals surface area contributed by atoms with Crippen LogP contribution in [0.15, 0.2) is 12.2 Å². The van der Waals surface area contributed by atoms with Gasteiger partial charge in [0.2, 0.25) is 0 Å². The first-order valence-electron chi connectivity index (χ1n) is 4.48. The van der Waals surface area contributed by atoms with Gasteiger partial charge in [0.05, 0.1) is 0 Å². The Morgan fingerprint density at radius 2 is 1.83 bits per heavy atom. The number of rotatable bonds is 5. The summed E-state index contributed by atoms with van der Waals surface area (Å²) >= 11 is 0. The van der Waals surface area contributed by atoms with Gasteiger partial charge in [0.1, 0.15) is 0 Å². The van der Waals surface area contributed by atoms with Gasteiger partial charge in [-0.3, -0.25) is 0 Å². The van der Waals surface area contributed by atoms with Gasteiger partial charge in [-0.2, -0.15) is 0 Å². The zero-order valence-electron chi connectivity index (χ0n) is 8.89. The molecule has 0 amide bonds. The number of hydrogen-bond donors (Lipinski definition) is 0. The van der Waals surface area contributed by atoms with Crippen LogP contribution >= 0.6 is 0 Å². The third-order valence-electron chi connectivity index (χ3n) is 1.73. The van der Waals surface area contributed by atoms with Crippen molar-refractivity contribution in [2.75, 3.05) is 0 Å². The molecule has 12 heavy (non-hydrogen) atoms. The van der Waals surface area contributed by atoms with Crippen molar-refractivity contribution in [2.45, 2.75) is 52.1 Å². The molecule has 1 atom stereocenters. The SMILES string of the molecule is CC/C=C/CC(C)([O-])CCC.[Li+]. The maximum Gasteiger partial charge on any atom is 1.00 e. The summed E-state index contributed by atoms with van der Waals surface area (Å²) in [4.78, 5) is 0. The molecular weight excluding hydrogens is 143 g/mol. The molecule has 1 nitrogen and oxygen atoms in total. The summed E-state index contributed by atoms with van der Waals surface area (Å²) in [6.07, 6.45) is 7.53. The van der Waals surface area contributed by atoms with E-state index in [1.54, 1.807) is 6.92 Å². The van der Waals surface area contributed by atoms with Crippen LogP contribution in [0.2, 0.25) is 0 Å². The van der Waals surface area contributed by atoms with E-state index in [0.29, 0.717) is 6.42 Å². The van der Waals surface area contributed by atoms with Crippen LogP contribution in [-0.4, -0.2) is 5.60 Å². The topological polar surface area (TPSA) is 23.1 Å². The molecule has 66 valence electrons. The molecular formula is C10H19LiO. The summed E-state index contributed by atoms with van der Waals surface area (Å²) in [5, 5.41) is 11.5. The molecule has 0 aromatic heterocycles. The second kappa shape index (κ2) is 7.92. The third kappa shape index (κ3) is 8.39. The summed E-state index contributed by atoms with van der Waals surface area (Å²) in [5.74, 6) is 0. The van der Waals surface area contributed by atoms with Gasteiger partial charge in [-0.1, -0.05) is 45.8 Å². The Balaban J connectivity index is 0. The molecule has 0 saturated carbocycles. The zero-order valence-corrected chi connectivity index (χ0v) is 8.89. The summed E-state index contributed by atoms with van der Waals surface area (Å²) in [5.41, 5.74) is -0.736. The maximum absolute atomic E-state index is 11.5. The van der Waals surface area contributed by atoms with E-state index in [1.807, 2.05) is 6.08 Å². The Kier molecular flexibility index (Phi) is 9.77. The molecule has 0 fully saturated rings. The van der Waals surface area contributed by atoms with E-state index >= 15 is 0 Å². The van der Waals surface area contributed by atoms with Crippen molar-refractivity contribution < 1.29 is 24.0 Å². The van der Waals surface area contributed by atoms with Gasteiger partial charge in [0, 0.05) is 0 Å². The van der Waals surface area contributed by atoms with Crippen molar-refractivity contribution in [1.82, 2.24) is 0 Å². The monoisotopic (exact) mass is 162 g/mol. The van der Waals surface area contributed by atoms with Crippen molar-refractivity contribution in [1.29, 1.82) is 0 Å². The summed E-state index contributed by atoms with van der Waals surface area (Å²) in [7, 11) is 0. The minimum atomic E-state index is -0.736. The molecule has 2 heteroatoms. The Hall–Kier alpha value is 0.297. The zero-order chi connectivity index (χ0) is 8.74. The molecule has 0 bridgehead atoms. The molecule has 1 unspecified atom stereocenters. The van der Waals surface area contributed by atoms with Crippen LogP contribution in [0.5, 0.6) is 0 Å². The molecule has 0 spiro atoms. The van der Waals surface area contributed by atoms with Crippen molar-refractivity contribution in [3.63, 3.8) is 0 Å². The molecule has 0 radical (unpaired) electrons. The minimum absolute atomic E-state index is 0. The molecule has 0 aliphatic rings. The Morgan fingerprint density at radius 3 is 2.25 bits per heavy atom. The molecule has 0 aliphatic carbocycles. The largest absolute Gasteiger partial charge is 1.00 e. The van der Waals surface area contributed by atoms with Gasteiger partial charge in [-0.05, 0) is 12.8 Å². The molecule has 0 aromatic carbocycles. The van der Waals surface area contributed by atoms with E-state index < -0.39 is 5.60 Å². The van der Waals surface area contributed by atoms with E-state index in [4.69, 9.17) is 0 Å². The second-order valence-corrected chi connectivity index (χ2v) is 3.28. The van der Waals surface area contributed by atoms with Crippen LogP contribution < -0.4 is 24.0 Å². The van der Waals surface area contributed by atoms with E-state index in [-0.39, 0.29) is 18.9 Å². The van der Waals surface area contributed by atoms with Gasteiger partial charge in [-0.15, -0.1) is 5.60 Å². The average Bonchev–Trinajstić information content (AvgIpc) is 1.87. The van der Waals surface area contributed by atoms with Crippen LogP contribution in [0.25, 0.3) is 0 Å². The van der Waals surface area contributed by atoms with Gasteiger partial charge >= 0.3 is 18.9 Å². The number of allylic oxidation sites excluding steroid dienone is 1. The summed E-state index contributed by atoms with van der Waals surface area (Å²) in [6, 6.07) is 0. The number of hydrogen-bond acceptors (Lipinski definition) is 1. The van der Waals surface area contributed by atoms with Gasteiger partial charge in [0.25, 0.3) is 0 Å². The summed E-state index contributed by atoms with van der Waals surface area (Å²) in [6.45, 7) is 5.93. The molecule has 0 N–H and O–H groups in total. The fourth-order valence-corrected chi connectivity index (χ4v) is 1.13. The third-order valence-corrected chi connectivity index (χ3v) is 1.73. The Labute approximate surface area is 88.4 Å². The van der Waals surface area contributed by atoms with E-state index in [2.05, 4.69) is 19.9 Å². The van der Waals surface area contributed by atoms with Crippen molar-refractivity contribution >= 4 is 0 Å². The maximum atomic E-state index is 11.5. The molecule has 0 heterocycles. The fraction of sp³-hybridized carbons (Fsp3) is 0.800. The molecule has 0 aromatic rings. The van der Waals surface area contributed by atoms with Crippen molar-refractivity contribution in [3.8, 4) is 0 Å². The molecule has 0 aliphatic heterocycles. The smallest absolute Gasteiger partial charge is 0.849 e. The predicted octanol–water partition coefficient (Wildman–Crippen LogP) is -0.734. The van der Waals surface area contributed by atoms with Gasteiger partial charge < -0.3 is 5.11 Å². The minimum Gasteiger partial charge on any atom is -0.849 e. The summed E-state index contributed by atoms with van der Waals surface area (Å²) < 4.78 is 0. The Morgan fingerprint density at radius 1 is 1.25 bits per heavy atom. The van der Waals surface area contributed by atoms with Gasteiger partial charge in [-0.25, -0.2) is 0 Å². The first kappa shape index (κ1) is 14.8. The van der Waals surface area contributed by atoms with Crippen LogP contribution in [0.4, 0.5) is 0 Å². The van der Waals surface area contributed by atoms with Gasteiger partial charge in [0.15, 0.2) is 0 Å². The standard InChI is InChI=1S/C10H19O.Li/c1-4-6-7-9-10(3,11)8-5-2;/h6-7H,4-5,8-9H2,1-3H3;/q-1;+1/b7-6+;. The first-order valence-corrected chi connectivity index (χ1v) is 4.48. The fourth-order valence-electron chi connectivity index (χ4n) is 1.13. The second-order valence-electron chi connectivity index (χ2n) is 3.28. The van der Waals surface area contributed by atoms with Crippen LogP contribution in [0.3, 0.4) is 0 Å². The van der Waals surface area contributed by atoms with E-state index in [1.165, 1.54) is 0 Å². The van der Waals surface area contributed by atoms with E-state index in [9.17, 15) is 5.11 Å². The van der Waals surface area contributed by atoms with Crippen LogP contribution in [0, 0.1) is 0 Å². The van der Waals surface area contributed by atoms with E-state index in [0.717, 1.165) is 19.3 Å². The Bertz CT molecular complexity index is 119. The molecule has 0 saturated heterocycles. The average molecular weight is 162 g/mol. The van der Waals surface area contributed by atoms with Crippen LogP contribution in [-0.2, 0) is 0 Å². The van der Waals surface area contributed by atoms with Crippen molar-refractivity contribution in [2.24, 2.45) is 0 Å². The van der Waals surface area contributed by atoms with Crippen LogP contribution in [0.1, 0.15) is 46.5 Å². The molecule has 0 rings (SSSR count).